The fourth-order valence-electron chi connectivity index (χ4n) is 2.92. The van der Waals surface area contributed by atoms with Crippen molar-refractivity contribution >= 4 is 41.5 Å². The Labute approximate surface area is 160 Å². The average Bonchev–Trinajstić information content (AvgIpc) is 2.55. The Bertz CT molecular complexity index is 608. The predicted molar refractivity (Wildman–Crippen MR) is 105 cm³/mol. The average molecular weight is 388 g/mol. The first-order valence-corrected chi connectivity index (χ1v) is 8.84. The predicted octanol–water partition coefficient (Wildman–Crippen LogP) is 3.57. The molecule has 0 radical (unpaired) electrons. The van der Waals surface area contributed by atoms with E-state index in [-0.39, 0.29) is 30.1 Å². The lowest BCUT2D eigenvalue weighted by molar-refractivity contribution is -0.116. The highest BCUT2D eigenvalue weighted by molar-refractivity contribution is 6.34. The van der Waals surface area contributed by atoms with Gasteiger partial charge in [-0.25, -0.2) is 0 Å². The smallest absolute Gasteiger partial charge is 0.255 e. The van der Waals surface area contributed by atoms with Gasteiger partial charge in [-0.15, -0.1) is 12.4 Å². The van der Waals surface area contributed by atoms with Gasteiger partial charge < -0.3 is 15.5 Å². The molecule has 1 unspecified atom stereocenters. The Kier molecular flexibility index (Phi) is 8.69. The van der Waals surface area contributed by atoms with Crippen molar-refractivity contribution in [2.45, 2.75) is 39.2 Å². The monoisotopic (exact) mass is 387 g/mol. The fourth-order valence-corrected chi connectivity index (χ4v) is 3.12. The van der Waals surface area contributed by atoms with Gasteiger partial charge in [-0.2, -0.15) is 0 Å². The van der Waals surface area contributed by atoms with Gasteiger partial charge in [-0.1, -0.05) is 25.4 Å². The van der Waals surface area contributed by atoms with E-state index in [4.69, 9.17) is 11.6 Å². The number of halogens is 2. The SMILES string of the molecule is CNC1CCCN(C(=O)c2cc(NC(=O)CC(C)C)ccc2Cl)C1.Cl. The molecule has 25 heavy (non-hydrogen) atoms. The highest BCUT2D eigenvalue weighted by Gasteiger charge is 2.25. The van der Waals surface area contributed by atoms with Crippen LogP contribution in [0.15, 0.2) is 18.2 Å². The third-order valence-electron chi connectivity index (χ3n) is 4.19. The van der Waals surface area contributed by atoms with Gasteiger partial charge in [0.1, 0.15) is 0 Å². The van der Waals surface area contributed by atoms with Gasteiger partial charge in [-0.05, 0) is 44.0 Å². The van der Waals surface area contributed by atoms with E-state index in [0.717, 1.165) is 19.4 Å². The molecule has 1 atom stereocenters. The van der Waals surface area contributed by atoms with Crippen LogP contribution in [0.5, 0.6) is 0 Å². The molecule has 1 aliphatic rings. The van der Waals surface area contributed by atoms with E-state index in [1.807, 2.05) is 25.8 Å². The number of hydrogen-bond donors (Lipinski definition) is 2. The van der Waals surface area contributed by atoms with E-state index >= 15 is 0 Å². The number of piperidine rings is 1. The Morgan fingerprint density at radius 3 is 2.72 bits per heavy atom. The fraction of sp³-hybridized carbons (Fsp3) is 0.556. The molecule has 1 fully saturated rings. The highest BCUT2D eigenvalue weighted by atomic mass is 35.5. The topological polar surface area (TPSA) is 61.4 Å². The van der Waals surface area contributed by atoms with Crippen molar-refractivity contribution in [3.05, 3.63) is 28.8 Å². The van der Waals surface area contributed by atoms with Crippen LogP contribution in [0.1, 0.15) is 43.5 Å². The molecule has 0 saturated carbocycles. The van der Waals surface area contributed by atoms with Crippen LogP contribution < -0.4 is 10.6 Å². The summed E-state index contributed by atoms with van der Waals surface area (Å²) in [4.78, 5) is 26.5. The summed E-state index contributed by atoms with van der Waals surface area (Å²) in [6.07, 6.45) is 2.49. The number of anilines is 1. The van der Waals surface area contributed by atoms with Crippen LogP contribution in [0, 0.1) is 5.92 Å². The van der Waals surface area contributed by atoms with Gasteiger partial charge in [-0.3, -0.25) is 9.59 Å². The van der Waals surface area contributed by atoms with Crippen molar-refractivity contribution < 1.29 is 9.59 Å². The lowest BCUT2D eigenvalue weighted by Crippen LogP contribution is -2.47. The number of carbonyl (C=O) groups is 2. The van der Waals surface area contributed by atoms with Crippen molar-refractivity contribution in [1.29, 1.82) is 0 Å². The molecule has 5 nitrogen and oxygen atoms in total. The molecule has 1 aromatic carbocycles. The van der Waals surface area contributed by atoms with Crippen molar-refractivity contribution in [1.82, 2.24) is 10.2 Å². The molecule has 0 bridgehead atoms. The van der Waals surface area contributed by atoms with Crippen LogP contribution in [0.2, 0.25) is 5.02 Å². The second-order valence-corrected chi connectivity index (χ2v) is 7.13. The van der Waals surface area contributed by atoms with E-state index in [9.17, 15) is 9.59 Å². The summed E-state index contributed by atoms with van der Waals surface area (Å²) in [5.41, 5.74) is 1.05. The molecule has 2 rings (SSSR count). The third kappa shape index (κ3) is 6.17. The normalized spacial score (nSPS) is 17.2. The minimum absolute atomic E-state index is 0. The Morgan fingerprint density at radius 1 is 1.36 bits per heavy atom. The molecule has 0 aromatic heterocycles. The van der Waals surface area contributed by atoms with Crippen molar-refractivity contribution in [3.8, 4) is 0 Å². The number of likely N-dealkylation sites (N-methyl/N-ethyl adjacent to an activating group) is 1. The van der Waals surface area contributed by atoms with Gasteiger partial charge in [0.25, 0.3) is 5.91 Å². The van der Waals surface area contributed by atoms with Gasteiger partial charge in [0.2, 0.25) is 5.91 Å². The molecule has 1 aromatic rings. The van der Waals surface area contributed by atoms with E-state index in [0.29, 0.717) is 35.3 Å². The maximum atomic E-state index is 12.8. The molecule has 0 aliphatic carbocycles. The van der Waals surface area contributed by atoms with E-state index in [2.05, 4.69) is 10.6 Å². The zero-order valence-corrected chi connectivity index (χ0v) is 16.5. The van der Waals surface area contributed by atoms with E-state index in [1.54, 1.807) is 18.2 Å². The van der Waals surface area contributed by atoms with Crippen LogP contribution in [0.25, 0.3) is 0 Å². The molecule has 140 valence electrons. The Morgan fingerprint density at radius 2 is 2.08 bits per heavy atom. The summed E-state index contributed by atoms with van der Waals surface area (Å²) in [6, 6.07) is 5.38. The van der Waals surface area contributed by atoms with Crippen molar-refractivity contribution in [3.63, 3.8) is 0 Å². The number of nitrogens with zero attached hydrogens (tertiary/aromatic N) is 1. The summed E-state index contributed by atoms with van der Waals surface area (Å²) < 4.78 is 0. The maximum absolute atomic E-state index is 12.8. The van der Waals surface area contributed by atoms with Gasteiger partial charge in [0.15, 0.2) is 0 Å². The summed E-state index contributed by atoms with van der Waals surface area (Å²) in [5.74, 6) is 0.143. The first-order chi connectivity index (χ1) is 11.4. The number of benzene rings is 1. The lowest BCUT2D eigenvalue weighted by atomic mass is 10.0. The van der Waals surface area contributed by atoms with Gasteiger partial charge in [0, 0.05) is 31.2 Å². The number of hydrogen-bond acceptors (Lipinski definition) is 3. The van der Waals surface area contributed by atoms with Crippen LogP contribution in [0.3, 0.4) is 0 Å². The maximum Gasteiger partial charge on any atom is 0.255 e. The number of rotatable bonds is 5. The minimum atomic E-state index is -0.0834. The second-order valence-electron chi connectivity index (χ2n) is 6.72. The van der Waals surface area contributed by atoms with Crippen LogP contribution >= 0.6 is 24.0 Å². The highest BCUT2D eigenvalue weighted by Crippen LogP contribution is 2.24. The quantitative estimate of drug-likeness (QED) is 0.811. The number of amides is 2. The van der Waals surface area contributed by atoms with Crippen molar-refractivity contribution in [2.24, 2.45) is 5.92 Å². The largest absolute Gasteiger partial charge is 0.337 e. The molecule has 1 heterocycles. The molecule has 7 heteroatoms. The summed E-state index contributed by atoms with van der Waals surface area (Å²) in [7, 11) is 1.91. The molecule has 2 N–H and O–H groups in total. The standard InChI is InChI=1S/C18H26ClN3O2.ClH/c1-12(2)9-17(23)21-13-6-7-16(19)15(10-13)18(24)22-8-4-5-14(11-22)20-3;/h6-7,10,12,14,20H,4-5,8-9,11H2,1-3H3,(H,21,23);1H. The summed E-state index contributed by atoms with van der Waals surface area (Å²) in [6.45, 7) is 5.39. The van der Waals surface area contributed by atoms with Crippen LogP contribution in [-0.2, 0) is 4.79 Å². The number of likely N-dealkylation sites (tertiary alicyclic amines) is 1. The zero-order chi connectivity index (χ0) is 17.7. The molecule has 0 spiro atoms. The molecular weight excluding hydrogens is 361 g/mol. The second kappa shape index (κ2) is 10.00. The Balaban J connectivity index is 0.00000312. The third-order valence-corrected chi connectivity index (χ3v) is 4.52. The minimum Gasteiger partial charge on any atom is -0.337 e. The first-order valence-electron chi connectivity index (χ1n) is 8.46. The van der Waals surface area contributed by atoms with Crippen LogP contribution in [0.4, 0.5) is 5.69 Å². The molecule has 1 aliphatic heterocycles. The van der Waals surface area contributed by atoms with Gasteiger partial charge in [0.05, 0.1) is 10.6 Å². The number of carbonyl (C=O) groups excluding carboxylic acids is 2. The molecular formula is C18H27Cl2N3O2. The van der Waals surface area contributed by atoms with Gasteiger partial charge >= 0.3 is 0 Å². The molecule has 1 saturated heterocycles. The molecule has 2 amide bonds. The Hall–Kier alpha value is -1.30. The first kappa shape index (κ1) is 21.7. The summed E-state index contributed by atoms with van der Waals surface area (Å²) >= 11 is 6.23. The van der Waals surface area contributed by atoms with Crippen LogP contribution in [-0.4, -0.2) is 42.9 Å². The summed E-state index contributed by atoms with van der Waals surface area (Å²) in [5, 5.41) is 6.48. The zero-order valence-electron chi connectivity index (χ0n) is 15.0. The van der Waals surface area contributed by atoms with E-state index < -0.39 is 0 Å². The van der Waals surface area contributed by atoms with E-state index in [1.165, 1.54) is 0 Å². The number of nitrogens with one attached hydrogen (secondary N) is 2. The van der Waals surface area contributed by atoms with Crippen molar-refractivity contribution in [2.75, 3.05) is 25.5 Å². The lowest BCUT2D eigenvalue weighted by Gasteiger charge is -2.32.